The maximum absolute atomic E-state index is 2.52. The fourth-order valence-electron chi connectivity index (χ4n) is 8.62. The SMILES string of the molecule is CC1(C)c2ccccc2-c2c(-c3ccccc3N(c3ccc(-c4ccccc4)c(-c4ccccc4)c3)c3cccc4sc5ccccc5c34)cccc21. The third-order valence-corrected chi connectivity index (χ3v) is 12.2. The number of hydrogen-bond acceptors (Lipinski definition) is 2. The molecular weight excluding hydrogens is 659 g/mol. The molecule has 8 aromatic carbocycles. The number of hydrogen-bond donors (Lipinski definition) is 0. The lowest BCUT2D eigenvalue weighted by atomic mass is 9.82. The molecule has 10 rings (SSSR count). The van der Waals surface area contributed by atoms with Crippen LogP contribution in [-0.4, -0.2) is 0 Å². The van der Waals surface area contributed by atoms with Crippen LogP contribution in [0.1, 0.15) is 25.0 Å². The number of anilines is 3. The largest absolute Gasteiger partial charge is 0.309 e. The summed E-state index contributed by atoms with van der Waals surface area (Å²) < 4.78 is 2.58. The van der Waals surface area contributed by atoms with Crippen LogP contribution in [0.2, 0.25) is 0 Å². The Labute approximate surface area is 315 Å². The molecule has 1 aliphatic carbocycles. The molecule has 0 bridgehead atoms. The van der Waals surface area contributed by atoms with Gasteiger partial charge in [-0.1, -0.05) is 166 Å². The first-order valence-electron chi connectivity index (χ1n) is 18.4. The van der Waals surface area contributed by atoms with Crippen molar-refractivity contribution in [3.8, 4) is 44.5 Å². The zero-order valence-electron chi connectivity index (χ0n) is 29.8. The first-order chi connectivity index (χ1) is 26.1. The maximum Gasteiger partial charge on any atom is 0.0555 e. The fourth-order valence-corrected chi connectivity index (χ4v) is 9.75. The lowest BCUT2D eigenvalue weighted by molar-refractivity contribution is 0.660. The number of fused-ring (bicyclic) bond motifs is 6. The number of rotatable bonds is 6. The Morgan fingerprint density at radius 2 is 1.00 bits per heavy atom. The van der Waals surface area contributed by atoms with E-state index < -0.39 is 0 Å². The van der Waals surface area contributed by atoms with Crippen LogP contribution in [0.3, 0.4) is 0 Å². The molecule has 0 spiro atoms. The van der Waals surface area contributed by atoms with Gasteiger partial charge in [0.15, 0.2) is 0 Å². The van der Waals surface area contributed by atoms with Crippen molar-refractivity contribution < 1.29 is 0 Å². The summed E-state index contributed by atoms with van der Waals surface area (Å²) in [5.74, 6) is 0. The third kappa shape index (κ3) is 5.05. The minimum atomic E-state index is -0.0877. The standard InChI is InChI=1S/C51H37NS/c1-51(2)43-25-12-9-22-40(43)49-39(24-15-26-44(49)51)38-21-10-13-27-45(38)52(46-28-16-30-48-50(46)41-23-11-14-29-47(41)53-48)36-31-32-37(34-17-5-3-6-18-34)42(33-36)35-19-7-4-8-20-35/h3-33H,1-2H3. The zero-order valence-corrected chi connectivity index (χ0v) is 30.6. The molecular formula is C51H37NS. The van der Waals surface area contributed by atoms with E-state index in [-0.39, 0.29) is 5.41 Å². The summed E-state index contributed by atoms with van der Waals surface area (Å²) in [5.41, 5.74) is 16.1. The van der Waals surface area contributed by atoms with Crippen molar-refractivity contribution in [3.63, 3.8) is 0 Å². The highest BCUT2D eigenvalue weighted by Crippen LogP contribution is 2.54. The summed E-state index contributed by atoms with van der Waals surface area (Å²) in [6.07, 6.45) is 0. The van der Waals surface area contributed by atoms with Gasteiger partial charge in [0.05, 0.1) is 11.4 Å². The van der Waals surface area contributed by atoms with Crippen LogP contribution in [0.15, 0.2) is 188 Å². The van der Waals surface area contributed by atoms with Gasteiger partial charge in [0.25, 0.3) is 0 Å². The number of para-hydroxylation sites is 1. The number of thiophene rings is 1. The lowest BCUT2D eigenvalue weighted by Crippen LogP contribution is -2.15. The van der Waals surface area contributed by atoms with Crippen molar-refractivity contribution >= 4 is 48.6 Å². The quantitative estimate of drug-likeness (QED) is 0.167. The molecule has 0 N–H and O–H groups in total. The van der Waals surface area contributed by atoms with E-state index in [2.05, 4.69) is 207 Å². The Morgan fingerprint density at radius 3 is 1.81 bits per heavy atom. The highest BCUT2D eigenvalue weighted by atomic mass is 32.1. The zero-order chi connectivity index (χ0) is 35.5. The molecule has 1 aliphatic rings. The maximum atomic E-state index is 2.52. The molecule has 0 unspecified atom stereocenters. The van der Waals surface area contributed by atoms with Gasteiger partial charge in [0, 0.05) is 36.8 Å². The second kappa shape index (κ2) is 12.5. The summed E-state index contributed by atoms with van der Waals surface area (Å²) >= 11 is 1.87. The second-order valence-corrected chi connectivity index (χ2v) is 15.5. The van der Waals surface area contributed by atoms with Crippen molar-refractivity contribution in [2.75, 3.05) is 4.90 Å². The van der Waals surface area contributed by atoms with Crippen LogP contribution in [-0.2, 0) is 5.41 Å². The van der Waals surface area contributed by atoms with Crippen molar-refractivity contribution in [1.29, 1.82) is 0 Å². The lowest BCUT2D eigenvalue weighted by Gasteiger charge is -2.30. The minimum absolute atomic E-state index is 0.0877. The molecule has 0 saturated carbocycles. The molecule has 0 amide bonds. The minimum Gasteiger partial charge on any atom is -0.309 e. The third-order valence-electron chi connectivity index (χ3n) is 11.1. The monoisotopic (exact) mass is 695 g/mol. The van der Waals surface area contributed by atoms with Crippen LogP contribution >= 0.6 is 11.3 Å². The molecule has 1 nitrogen and oxygen atoms in total. The van der Waals surface area contributed by atoms with Crippen LogP contribution in [0.25, 0.3) is 64.7 Å². The average Bonchev–Trinajstić information content (AvgIpc) is 3.71. The van der Waals surface area contributed by atoms with Gasteiger partial charge in [-0.3, -0.25) is 0 Å². The molecule has 1 heterocycles. The van der Waals surface area contributed by atoms with E-state index in [1.54, 1.807) is 0 Å². The summed E-state index contributed by atoms with van der Waals surface area (Å²) in [6, 6.07) is 69.1. The van der Waals surface area contributed by atoms with Gasteiger partial charge in [0.2, 0.25) is 0 Å². The van der Waals surface area contributed by atoms with E-state index in [1.807, 2.05) is 11.3 Å². The van der Waals surface area contributed by atoms with E-state index in [0.29, 0.717) is 0 Å². The van der Waals surface area contributed by atoms with Crippen molar-refractivity contribution in [3.05, 3.63) is 199 Å². The molecule has 9 aromatic rings. The van der Waals surface area contributed by atoms with Gasteiger partial charge < -0.3 is 4.90 Å². The van der Waals surface area contributed by atoms with E-state index >= 15 is 0 Å². The van der Waals surface area contributed by atoms with Crippen LogP contribution < -0.4 is 4.90 Å². The van der Waals surface area contributed by atoms with E-state index in [0.717, 1.165) is 11.4 Å². The Morgan fingerprint density at radius 1 is 0.415 bits per heavy atom. The van der Waals surface area contributed by atoms with Gasteiger partial charge in [-0.15, -0.1) is 11.3 Å². The normalized spacial score (nSPS) is 12.9. The van der Waals surface area contributed by atoms with Gasteiger partial charge in [-0.2, -0.15) is 0 Å². The van der Waals surface area contributed by atoms with Crippen molar-refractivity contribution in [1.82, 2.24) is 0 Å². The van der Waals surface area contributed by atoms with Gasteiger partial charge in [-0.05, 0) is 86.5 Å². The van der Waals surface area contributed by atoms with Gasteiger partial charge in [-0.25, -0.2) is 0 Å². The Kier molecular flexibility index (Phi) is 7.42. The highest BCUT2D eigenvalue weighted by molar-refractivity contribution is 7.26. The van der Waals surface area contributed by atoms with E-state index in [4.69, 9.17) is 0 Å². The fraction of sp³-hybridized carbons (Fsp3) is 0.0588. The smallest absolute Gasteiger partial charge is 0.0555 e. The number of nitrogens with zero attached hydrogens (tertiary/aromatic N) is 1. The van der Waals surface area contributed by atoms with Crippen molar-refractivity contribution in [2.45, 2.75) is 19.3 Å². The predicted octanol–water partition coefficient (Wildman–Crippen LogP) is 14.8. The molecule has 0 atom stereocenters. The molecule has 2 heteroatoms. The number of benzene rings is 8. The topological polar surface area (TPSA) is 3.24 Å². The second-order valence-electron chi connectivity index (χ2n) is 14.5. The Balaban J connectivity index is 1.28. The average molecular weight is 696 g/mol. The summed E-state index contributed by atoms with van der Waals surface area (Å²) in [7, 11) is 0. The van der Waals surface area contributed by atoms with E-state index in [9.17, 15) is 0 Å². The van der Waals surface area contributed by atoms with Crippen LogP contribution in [0, 0.1) is 0 Å². The van der Waals surface area contributed by atoms with Gasteiger partial charge >= 0.3 is 0 Å². The molecule has 0 saturated heterocycles. The molecule has 53 heavy (non-hydrogen) atoms. The first kappa shape index (κ1) is 31.5. The highest BCUT2D eigenvalue weighted by Gasteiger charge is 2.37. The molecule has 0 aliphatic heterocycles. The molecule has 0 fully saturated rings. The van der Waals surface area contributed by atoms with Gasteiger partial charge in [0.1, 0.15) is 0 Å². The van der Waals surface area contributed by atoms with Crippen molar-refractivity contribution in [2.24, 2.45) is 0 Å². The summed E-state index contributed by atoms with van der Waals surface area (Å²) in [4.78, 5) is 2.52. The van der Waals surface area contributed by atoms with Crippen LogP contribution in [0.4, 0.5) is 17.1 Å². The van der Waals surface area contributed by atoms with Crippen LogP contribution in [0.5, 0.6) is 0 Å². The first-order valence-corrected chi connectivity index (χ1v) is 19.2. The predicted molar refractivity (Wildman–Crippen MR) is 228 cm³/mol. The van der Waals surface area contributed by atoms with E-state index in [1.165, 1.54) is 81.5 Å². The molecule has 0 radical (unpaired) electrons. The summed E-state index contributed by atoms with van der Waals surface area (Å²) in [5, 5.41) is 2.56. The molecule has 252 valence electrons. The molecule has 1 aromatic heterocycles. The summed E-state index contributed by atoms with van der Waals surface area (Å²) in [6.45, 7) is 4.73. The Bertz CT molecular complexity index is 2810. The Hall–Kier alpha value is -6.22.